The van der Waals surface area contributed by atoms with Crippen molar-refractivity contribution in [2.45, 2.75) is 44.6 Å². The van der Waals surface area contributed by atoms with Crippen LogP contribution >= 0.6 is 0 Å². The van der Waals surface area contributed by atoms with E-state index < -0.39 is 75.3 Å². The summed E-state index contributed by atoms with van der Waals surface area (Å²) >= 11 is 0. The molecule has 5 nitrogen and oxygen atoms in total. The summed E-state index contributed by atoms with van der Waals surface area (Å²) in [4.78, 5) is 1.40. The van der Waals surface area contributed by atoms with E-state index in [1.54, 1.807) is 30.3 Å². The normalized spacial score (nSPS) is 15.0. The van der Waals surface area contributed by atoms with Gasteiger partial charge in [0.1, 0.15) is 24.7 Å². The van der Waals surface area contributed by atoms with Gasteiger partial charge < -0.3 is 9.47 Å². The van der Waals surface area contributed by atoms with Crippen LogP contribution in [0.3, 0.4) is 0 Å². The number of hydrogen-bond donors (Lipinski definition) is 1. The minimum Gasteiger partial charge on any atom is -0.492 e. The van der Waals surface area contributed by atoms with Gasteiger partial charge in [-0.1, -0.05) is 18.2 Å². The zero-order valence-corrected chi connectivity index (χ0v) is 23.6. The molecule has 0 aliphatic carbocycles. The maximum atomic E-state index is 13.7. The van der Waals surface area contributed by atoms with Crippen LogP contribution in [-0.4, -0.2) is 56.1 Å². The summed E-state index contributed by atoms with van der Waals surface area (Å²) in [5, 5.41) is -5.14. The second-order valence-corrected chi connectivity index (χ2v) is 12.6. The van der Waals surface area contributed by atoms with Crippen LogP contribution in [0.1, 0.15) is 0 Å². The lowest BCUT2D eigenvalue weighted by molar-refractivity contribution is -0.431. The summed E-state index contributed by atoms with van der Waals surface area (Å²) in [5.41, 5.74) is -6.16. The molecule has 0 saturated heterocycles. The van der Waals surface area contributed by atoms with Crippen molar-refractivity contribution in [2.75, 3.05) is 13.2 Å². The topological polar surface area (TPSA) is 72.8 Å². The predicted octanol–water partition coefficient (Wildman–Crippen LogP) is 8.03. The van der Waals surface area contributed by atoms with Crippen LogP contribution in [-0.2, 0) is 21.0 Å². The third-order valence-electron chi connectivity index (χ3n) is 6.11. The zero-order chi connectivity index (χ0) is 34.1. The lowest BCUT2D eigenvalue weighted by atomic mass is 9.86. The Morgan fingerprint density at radius 1 is 0.622 bits per heavy atom. The number of alkyl halides is 12. The Morgan fingerprint density at radius 3 is 1.38 bits per heavy atom. The molecule has 0 bridgehead atoms. The molecule has 19 heteroatoms. The Hall–Kier alpha value is -3.32. The van der Waals surface area contributed by atoms with Crippen LogP contribution in [0.5, 0.6) is 11.5 Å². The fraction of sp³-hybridized carbons (Fsp3) is 0.308. The molecule has 0 aliphatic heterocycles. The minimum absolute atomic E-state index is 0.199. The number of ether oxygens (including phenoxy) is 2. The number of rotatable bonds is 11. The molecule has 0 aliphatic rings. The van der Waals surface area contributed by atoms with Crippen LogP contribution in [0.25, 0.3) is 0 Å². The van der Waals surface area contributed by atoms with Crippen molar-refractivity contribution in [3.63, 3.8) is 0 Å². The molecule has 248 valence electrons. The summed E-state index contributed by atoms with van der Waals surface area (Å²) in [7, 11) is -7.16. The fourth-order valence-corrected chi connectivity index (χ4v) is 6.11. The maximum Gasteiger partial charge on any atom is 0.415 e. The van der Waals surface area contributed by atoms with E-state index in [2.05, 4.69) is 4.74 Å². The van der Waals surface area contributed by atoms with Crippen LogP contribution in [0, 0.1) is 5.41 Å². The highest BCUT2D eigenvalue weighted by atomic mass is 32.2. The molecule has 45 heavy (non-hydrogen) atoms. The lowest BCUT2D eigenvalue weighted by Crippen LogP contribution is -2.62. The molecule has 2 atom stereocenters. The van der Waals surface area contributed by atoms with E-state index in [1.165, 1.54) is 36.4 Å². The van der Waals surface area contributed by atoms with E-state index in [1.807, 2.05) is 0 Å². The molecular weight excluding hydrogens is 684 g/mol. The monoisotopic (exact) mass is 703 g/mol. The number of benzene rings is 3. The van der Waals surface area contributed by atoms with Gasteiger partial charge in [0.15, 0.2) is 14.7 Å². The molecule has 3 rings (SSSR count). The zero-order valence-electron chi connectivity index (χ0n) is 21.9. The highest BCUT2D eigenvalue weighted by molar-refractivity contribution is 7.97. The molecule has 0 heterocycles. The van der Waals surface area contributed by atoms with Gasteiger partial charge in [-0.15, -0.1) is 0 Å². The average Bonchev–Trinajstić information content (AvgIpc) is 2.91. The second kappa shape index (κ2) is 12.8. The van der Waals surface area contributed by atoms with Crippen molar-refractivity contribution in [2.24, 2.45) is 5.41 Å². The highest BCUT2D eigenvalue weighted by Gasteiger charge is 2.84. The molecule has 2 unspecified atom stereocenters. The van der Waals surface area contributed by atoms with Crippen LogP contribution < -0.4 is 9.47 Å². The van der Waals surface area contributed by atoms with Gasteiger partial charge >= 0.3 is 33.9 Å². The van der Waals surface area contributed by atoms with Crippen molar-refractivity contribution >= 4 is 21.0 Å². The first kappa shape index (κ1) is 36.2. The first-order chi connectivity index (χ1) is 20.5. The van der Waals surface area contributed by atoms with E-state index in [0.29, 0.717) is 14.7 Å². The summed E-state index contributed by atoms with van der Waals surface area (Å²) in [6, 6.07) is 17.5. The first-order valence-corrected chi connectivity index (χ1v) is 14.6. The SMILES string of the molecule is O=S(=O)(O)C(F)(F)C(F)COc1ccc([S+](c2ccccc2)c2ccc(OCC(C(F)(F)F)(C(F)(F)F)C(F)(F)F)cc2)cc1. The van der Waals surface area contributed by atoms with Gasteiger partial charge in [0.05, 0.1) is 10.9 Å². The first-order valence-electron chi connectivity index (χ1n) is 12.0. The summed E-state index contributed by atoms with van der Waals surface area (Å²) in [5.74, 6) is -0.931. The van der Waals surface area contributed by atoms with E-state index >= 15 is 0 Å². The molecule has 1 N–H and O–H groups in total. The quantitative estimate of drug-likeness (QED) is 0.124. The van der Waals surface area contributed by atoms with E-state index in [0.717, 1.165) is 12.1 Å². The standard InChI is InChI=1S/C26H18F12O5S2/c27-21(23(28,29)45(39,40)41)14-42-16-6-10-19(11-7-16)44(18-4-2-1-3-5-18)20-12-8-17(9-13-20)43-15-22(24(30,31)32,25(33,34)35)26(36,37)38/h1-13,21H,14-15H2/p+1. The van der Waals surface area contributed by atoms with Gasteiger partial charge in [-0.3, -0.25) is 4.55 Å². The number of hydrogen-bond acceptors (Lipinski definition) is 4. The predicted molar refractivity (Wildman–Crippen MR) is 134 cm³/mol. The van der Waals surface area contributed by atoms with Crippen LogP contribution in [0.15, 0.2) is 93.5 Å². The third-order valence-corrected chi connectivity index (χ3v) is 9.28. The minimum atomic E-state index is -6.79. The third kappa shape index (κ3) is 7.57. The molecule has 0 saturated carbocycles. The van der Waals surface area contributed by atoms with Gasteiger partial charge in [-0.25, -0.2) is 4.39 Å². The summed E-state index contributed by atoms with van der Waals surface area (Å²) in [6.07, 6.45) is -23.8. The van der Waals surface area contributed by atoms with Gasteiger partial charge in [0.25, 0.3) is 5.41 Å². The van der Waals surface area contributed by atoms with E-state index in [4.69, 9.17) is 9.29 Å². The molecular formula is C26H19F12O5S2+. The summed E-state index contributed by atoms with van der Waals surface area (Å²) in [6.45, 7) is -4.29. The van der Waals surface area contributed by atoms with Crippen molar-refractivity contribution in [3.8, 4) is 11.5 Å². The fourth-order valence-electron chi connectivity index (χ4n) is 3.66. The molecule has 0 amide bonds. The van der Waals surface area contributed by atoms with Gasteiger partial charge in [0, 0.05) is 0 Å². The van der Waals surface area contributed by atoms with Crippen LogP contribution in [0.2, 0.25) is 0 Å². The lowest BCUT2D eigenvalue weighted by Gasteiger charge is -2.38. The molecule has 0 radical (unpaired) electrons. The average molecular weight is 704 g/mol. The molecule has 0 aromatic heterocycles. The van der Waals surface area contributed by atoms with Crippen molar-refractivity contribution in [3.05, 3.63) is 78.9 Å². The molecule has 0 spiro atoms. The maximum absolute atomic E-state index is 13.7. The molecule has 0 fully saturated rings. The molecule has 3 aromatic carbocycles. The van der Waals surface area contributed by atoms with E-state index in [9.17, 15) is 61.1 Å². The second-order valence-electron chi connectivity index (χ2n) is 9.06. The van der Waals surface area contributed by atoms with Crippen molar-refractivity contribution in [1.29, 1.82) is 0 Å². The summed E-state index contributed by atoms with van der Waals surface area (Å²) < 4.78 is 199. The Balaban J connectivity index is 1.87. The smallest absolute Gasteiger partial charge is 0.415 e. The Bertz CT molecular complexity index is 1490. The van der Waals surface area contributed by atoms with E-state index in [-0.39, 0.29) is 5.75 Å². The largest absolute Gasteiger partial charge is 0.492 e. The Morgan fingerprint density at radius 2 is 1.00 bits per heavy atom. The highest BCUT2D eigenvalue weighted by Crippen LogP contribution is 2.59. The van der Waals surface area contributed by atoms with Gasteiger partial charge in [-0.05, 0) is 60.7 Å². The van der Waals surface area contributed by atoms with Crippen molar-refractivity contribution in [1.82, 2.24) is 0 Å². The van der Waals surface area contributed by atoms with Crippen LogP contribution in [0.4, 0.5) is 52.7 Å². The number of halogens is 12. The molecule has 3 aromatic rings. The van der Waals surface area contributed by atoms with Crippen molar-refractivity contribution < 1.29 is 75.1 Å². The Kier molecular flexibility index (Phi) is 10.3. The van der Waals surface area contributed by atoms with Gasteiger partial charge in [-0.2, -0.15) is 56.7 Å². The Labute approximate surface area is 249 Å². The van der Waals surface area contributed by atoms with Gasteiger partial charge in [0.2, 0.25) is 6.17 Å².